The molecule has 132 valence electrons. The summed E-state index contributed by atoms with van der Waals surface area (Å²) in [5.41, 5.74) is 0. The molecule has 1 saturated heterocycles. The molecular weight excluding hydrogens is 338 g/mol. The molecular formula is C18H21N3O3S. The van der Waals surface area contributed by atoms with E-state index in [9.17, 15) is 4.79 Å². The maximum Gasteiger partial charge on any atom is 0.290 e. The van der Waals surface area contributed by atoms with E-state index >= 15 is 0 Å². The lowest BCUT2D eigenvalue weighted by Gasteiger charge is -2.34. The van der Waals surface area contributed by atoms with Crippen molar-refractivity contribution in [1.29, 1.82) is 0 Å². The second-order valence-corrected chi connectivity index (χ2v) is 7.32. The first kappa shape index (κ1) is 16.6. The second kappa shape index (κ2) is 7.58. The third-order valence-corrected chi connectivity index (χ3v) is 5.41. The van der Waals surface area contributed by atoms with Crippen LogP contribution in [-0.2, 0) is 10.5 Å². The number of carbonyl (C=O) groups excluding carboxylic acids is 1. The highest BCUT2D eigenvalue weighted by atomic mass is 32.2. The first-order valence-corrected chi connectivity index (χ1v) is 9.69. The van der Waals surface area contributed by atoms with Crippen LogP contribution in [0.25, 0.3) is 0 Å². The van der Waals surface area contributed by atoms with Gasteiger partial charge < -0.3 is 14.1 Å². The summed E-state index contributed by atoms with van der Waals surface area (Å²) in [7, 11) is 0. The summed E-state index contributed by atoms with van der Waals surface area (Å²) in [6, 6.07) is 6.10. The van der Waals surface area contributed by atoms with Gasteiger partial charge in [-0.25, -0.2) is 9.97 Å². The molecule has 0 N–H and O–H groups in total. The van der Waals surface area contributed by atoms with Crippen LogP contribution in [0.2, 0.25) is 0 Å². The van der Waals surface area contributed by atoms with Gasteiger partial charge in [-0.3, -0.25) is 4.79 Å². The number of nitrogens with zero attached hydrogens (tertiary/aromatic N) is 3. The lowest BCUT2D eigenvalue weighted by molar-refractivity contribution is 0.0249. The van der Waals surface area contributed by atoms with Gasteiger partial charge in [0.1, 0.15) is 5.76 Å². The summed E-state index contributed by atoms with van der Waals surface area (Å²) in [6.07, 6.45) is 7.45. The molecule has 0 unspecified atom stereocenters. The Hall–Kier alpha value is -1.86. The SMILES string of the molecule is O=C(c1ccc(CSc2ncccn2)o1)N(C1CCOCC1)C1CC1. The molecule has 0 atom stereocenters. The Labute approximate surface area is 151 Å². The van der Waals surface area contributed by atoms with Crippen LogP contribution in [0.1, 0.15) is 42.0 Å². The summed E-state index contributed by atoms with van der Waals surface area (Å²) in [5, 5.41) is 0.702. The molecule has 2 fully saturated rings. The van der Waals surface area contributed by atoms with Gasteiger partial charge in [0.2, 0.25) is 0 Å². The minimum Gasteiger partial charge on any atom is -0.455 e. The fraction of sp³-hybridized carbons (Fsp3) is 0.500. The highest BCUT2D eigenvalue weighted by Gasteiger charge is 2.39. The minimum absolute atomic E-state index is 0.0154. The van der Waals surface area contributed by atoms with Crippen LogP contribution in [0, 0.1) is 0 Å². The zero-order chi connectivity index (χ0) is 17.1. The molecule has 7 heteroatoms. The van der Waals surface area contributed by atoms with Gasteiger partial charge in [-0.2, -0.15) is 0 Å². The minimum atomic E-state index is 0.0154. The lowest BCUT2D eigenvalue weighted by Crippen LogP contribution is -2.44. The monoisotopic (exact) mass is 359 g/mol. The molecule has 2 aliphatic rings. The van der Waals surface area contributed by atoms with Crippen molar-refractivity contribution in [2.75, 3.05) is 13.2 Å². The topological polar surface area (TPSA) is 68.5 Å². The molecule has 1 aliphatic heterocycles. The molecule has 6 nitrogen and oxygen atoms in total. The van der Waals surface area contributed by atoms with Crippen LogP contribution in [0.3, 0.4) is 0 Å². The molecule has 0 spiro atoms. The van der Waals surface area contributed by atoms with E-state index in [-0.39, 0.29) is 11.9 Å². The van der Waals surface area contributed by atoms with E-state index < -0.39 is 0 Å². The number of carbonyl (C=O) groups is 1. The van der Waals surface area contributed by atoms with Gasteiger partial charge in [0, 0.05) is 37.7 Å². The van der Waals surface area contributed by atoms with Gasteiger partial charge in [0.05, 0.1) is 5.75 Å². The lowest BCUT2D eigenvalue weighted by atomic mass is 10.1. The molecule has 3 heterocycles. The molecule has 1 amide bonds. The zero-order valence-corrected chi connectivity index (χ0v) is 14.8. The number of thioether (sulfide) groups is 1. The van der Waals surface area contributed by atoms with E-state index in [0.717, 1.165) is 44.7 Å². The summed E-state index contributed by atoms with van der Waals surface area (Å²) in [4.78, 5) is 23.4. The maximum absolute atomic E-state index is 13.0. The van der Waals surface area contributed by atoms with Crippen LogP contribution < -0.4 is 0 Å². The van der Waals surface area contributed by atoms with Gasteiger partial charge in [-0.1, -0.05) is 11.8 Å². The fourth-order valence-electron chi connectivity index (χ4n) is 3.14. The third kappa shape index (κ3) is 4.04. The van der Waals surface area contributed by atoms with Crippen molar-refractivity contribution < 1.29 is 13.9 Å². The number of ether oxygens (including phenoxy) is 1. The largest absolute Gasteiger partial charge is 0.455 e. The highest BCUT2D eigenvalue weighted by molar-refractivity contribution is 7.98. The number of furan rings is 1. The first-order chi connectivity index (χ1) is 12.3. The molecule has 1 saturated carbocycles. The van der Waals surface area contributed by atoms with Gasteiger partial charge in [0.15, 0.2) is 10.9 Å². The van der Waals surface area contributed by atoms with Crippen molar-refractivity contribution >= 4 is 17.7 Å². The van der Waals surface area contributed by atoms with Crippen LogP contribution in [0.5, 0.6) is 0 Å². The van der Waals surface area contributed by atoms with E-state index in [1.54, 1.807) is 24.5 Å². The van der Waals surface area contributed by atoms with Gasteiger partial charge >= 0.3 is 0 Å². The van der Waals surface area contributed by atoms with E-state index in [1.165, 1.54) is 11.8 Å². The third-order valence-electron chi connectivity index (χ3n) is 4.52. The van der Waals surface area contributed by atoms with E-state index in [4.69, 9.17) is 9.15 Å². The molecule has 2 aromatic heterocycles. The van der Waals surface area contributed by atoms with E-state index in [1.807, 2.05) is 11.0 Å². The Balaban J connectivity index is 1.42. The Morgan fingerprint density at radius 2 is 1.84 bits per heavy atom. The maximum atomic E-state index is 13.0. The van der Waals surface area contributed by atoms with Crippen molar-refractivity contribution in [2.24, 2.45) is 0 Å². The standard InChI is InChI=1S/C18H21N3O3S/c22-17(21(13-2-3-13)14-6-10-23-11-7-14)16-5-4-15(24-16)12-25-18-19-8-1-9-20-18/h1,4-5,8-9,13-14H,2-3,6-7,10-12H2. The first-order valence-electron chi connectivity index (χ1n) is 8.70. The van der Waals surface area contributed by atoms with Gasteiger partial charge in [-0.05, 0) is 43.9 Å². The Morgan fingerprint density at radius 3 is 2.56 bits per heavy atom. The molecule has 0 bridgehead atoms. The number of aromatic nitrogens is 2. The van der Waals surface area contributed by atoms with E-state index in [2.05, 4.69) is 9.97 Å². The predicted molar refractivity (Wildman–Crippen MR) is 93.3 cm³/mol. The van der Waals surface area contributed by atoms with Crippen molar-refractivity contribution in [2.45, 2.75) is 48.7 Å². The van der Waals surface area contributed by atoms with Gasteiger partial charge in [0.25, 0.3) is 5.91 Å². The number of hydrogen-bond donors (Lipinski definition) is 0. The number of amides is 1. The predicted octanol–water partition coefficient (Wildman–Crippen LogP) is 3.15. The van der Waals surface area contributed by atoms with Crippen molar-refractivity contribution in [1.82, 2.24) is 14.9 Å². The molecule has 0 radical (unpaired) electrons. The van der Waals surface area contributed by atoms with Crippen molar-refractivity contribution in [3.05, 3.63) is 42.1 Å². The zero-order valence-electron chi connectivity index (χ0n) is 14.0. The molecule has 2 aromatic rings. The summed E-state index contributed by atoms with van der Waals surface area (Å²) in [5.74, 6) is 1.82. The Morgan fingerprint density at radius 1 is 1.12 bits per heavy atom. The van der Waals surface area contributed by atoms with Crippen LogP contribution in [0.15, 0.2) is 40.2 Å². The summed E-state index contributed by atoms with van der Waals surface area (Å²) in [6.45, 7) is 1.47. The normalized spacial score (nSPS) is 18.2. The smallest absolute Gasteiger partial charge is 0.290 e. The van der Waals surface area contributed by atoms with Gasteiger partial charge in [-0.15, -0.1) is 0 Å². The van der Waals surface area contributed by atoms with E-state index in [0.29, 0.717) is 22.7 Å². The van der Waals surface area contributed by atoms with Crippen LogP contribution >= 0.6 is 11.8 Å². The molecule has 1 aliphatic carbocycles. The van der Waals surface area contributed by atoms with Crippen LogP contribution in [0.4, 0.5) is 0 Å². The Bertz CT molecular complexity index is 711. The second-order valence-electron chi connectivity index (χ2n) is 6.37. The summed E-state index contributed by atoms with van der Waals surface area (Å²) < 4.78 is 11.3. The van der Waals surface area contributed by atoms with Crippen molar-refractivity contribution in [3.63, 3.8) is 0 Å². The molecule has 4 rings (SSSR count). The van der Waals surface area contributed by atoms with Crippen LogP contribution in [-0.4, -0.2) is 46.1 Å². The molecule has 25 heavy (non-hydrogen) atoms. The quantitative estimate of drug-likeness (QED) is 0.583. The molecule has 0 aromatic carbocycles. The fourth-order valence-corrected chi connectivity index (χ4v) is 3.84. The Kier molecular flexibility index (Phi) is 5.03. The average molecular weight is 359 g/mol. The number of hydrogen-bond acceptors (Lipinski definition) is 6. The number of rotatable bonds is 6. The summed E-state index contributed by atoms with van der Waals surface area (Å²) >= 11 is 1.50. The highest BCUT2D eigenvalue weighted by Crippen LogP contribution is 2.33. The average Bonchev–Trinajstić information content (AvgIpc) is 3.38. The van der Waals surface area contributed by atoms with Crippen molar-refractivity contribution in [3.8, 4) is 0 Å².